The lowest BCUT2D eigenvalue weighted by atomic mass is 10.3. The van der Waals surface area contributed by atoms with E-state index in [9.17, 15) is 0 Å². The van der Waals surface area contributed by atoms with Gasteiger partial charge in [0.1, 0.15) is 0 Å². The summed E-state index contributed by atoms with van der Waals surface area (Å²) in [5, 5.41) is 0. The molecule has 1 aromatic heterocycles. The van der Waals surface area contributed by atoms with Crippen LogP contribution >= 0.6 is 0 Å². The Morgan fingerprint density at radius 3 is 3.09 bits per heavy atom. The van der Waals surface area contributed by atoms with Gasteiger partial charge in [0.2, 0.25) is 0 Å². The average molecular weight is 144 g/mol. The lowest BCUT2D eigenvalue weighted by molar-refractivity contribution is 1.36. The van der Waals surface area contributed by atoms with Crippen LogP contribution in [0.5, 0.6) is 0 Å². The summed E-state index contributed by atoms with van der Waals surface area (Å²) in [4.78, 5) is 7.20. The molecule has 0 saturated carbocycles. The number of allylic oxidation sites excluding steroid dienone is 2. The molecular weight excluding hydrogens is 136 g/mol. The van der Waals surface area contributed by atoms with Crippen molar-refractivity contribution in [3.05, 3.63) is 41.9 Å². The molecule has 0 bridgehead atoms. The summed E-state index contributed by atoms with van der Waals surface area (Å²) >= 11 is 0. The molecule has 2 nitrogen and oxygen atoms in total. The molecular formula is C9H8N2. The standard InChI is InChI=1S/C9H8N2/c1-3-8(10-5-1)7-9-4-2-6-11-9/h1-7,10H/b9-7+. The van der Waals surface area contributed by atoms with Gasteiger partial charge in [-0.05, 0) is 30.4 Å². The first-order chi connectivity index (χ1) is 5.45. The molecule has 11 heavy (non-hydrogen) atoms. The number of aliphatic imine (C=N–C) groups is 1. The Labute approximate surface area is 65.0 Å². The number of hydrogen-bond acceptors (Lipinski definition) is 1. The van der Waals surface area contributed by atoms with E-state index in [1.54, 1.807) is 6.21 Å². The van der Waals surface area contributed by atoms with Crippen LogP contribution in [0.3, 0.4) is 0 Å². The third-order valence-corrected chi connectivity index (χ3v) is 1.50. The Kier molecular flexibility index (Phi) is 1.44. The van der Waals surface area contributed by atoms with Crippen LogP contribution in [0, 0.1) is 0 Å². The van der Waals surface area contributed by atoms with Crippen molar-refractivity contribution in [3.8, 4) is 0 Å². The zero-order valence-electron chi connectivity index (χ0n) is 5.99. The number of aromatic nitrogens is 1. The van der Waals surface area contributed by atoms with Crippen LogP contribution in [0.4, 0.5) is 0 Å². The van der Waals surface area contributed by atoms with Crippen molar-refractivity contribution < 1.29 is 0 Å². The van der Waals surface area contributed by atoms with Crippen LogP contribution < -0.4 is 0 Å². The summed E-state index contributed by atoms with van der Waals surface area (Å²) < 4.78 is 0. The van der Waals surface area contributed by atoms with Crippen LogP contribution in [0.1, 0.15) is 5.69 Å². The van der Waals surface area contributed by atoms with Gasteiger partial charge in [-0.1, -0.05) is 0 Å². The summed E-state index contributed by atoms with van der Waals surface area (Å²) in [6.45, 7) is 0. The molecule has 2 heteroatoms. The third kappa shape index (κ3) is 1.29. The summed E-state index contributed by atoms with van der Waals surface area (Å²) in [5.41, 5.74) is 2.08. The van der Waals surface area contributed by atoms with Gasteiger partial charge in [-0.15, -0.1) is 0 Å². The number of aromatic amines is 1. The number of rotatable bonds is 1. The van der Waals surface area contributed by atoms with Crippen molar-refractivity contribution in [3.63, 3.8) is 0 Å². The predicted octanol–water partition coefficient (Wildman–Crippen LogP) is 2.00. The summed E-state index contributed by atoms with van der Waals surface area (Å²) in [6.07, 6.45) is 9.58. The molecule has 0 spiro atoms. The van der Waals surface area contributed by atoms with E-state index in [2.05, 4.69) is 9.98 Å². The Hall–Kier alpha value is -1.57. The number of H-pyrrole nitrogens is 1. The van der Waals surface area contributed by atoms with Gasteiger partial charge in [-0.3, -0.25) is 4.99 Å². The fourth-order valence-corrected chi connectivity index (χ4v) is 0.992. The van der Waals surface area contributed by atoms with Crippen molar-refractivity contribution in [1.29, 1.82) is 0 Å². The van der Waals surface area contributed by atoms with E-state index in [1.807, 2.05) is 36.6 Å². The molecule has 1 aromatic rings. The highest BCUT2D eigenvalue weighted by Gasteiger charge is 1.93. The highest BCUT2D eigenvalue weighted by atomic mass is 14.7. The molecule has 1 aliphatic heterocycles. The van der Waals surface area contributed by atoms with E-state index in [4.69, 9.17) is 0 Å². The molecule has 1 aliphatic rings. The molecule has 0 radical (unpaired) electrons. The van der Waals surface area contributed by atoms with Crippen LogP contribution in [-0.2, 0) is 0 Å². The minimum absolute atomic E-state index is 0.993. The molecule has 0 saturated heterocycles. The lowest BCUT2D eigenvalue weighted by Crippen LogP contribution is -1.70. The van der Waals surface area contributed by atoms with E-state index < -0.39 is 0 Å². The van der Waals surface area contributed by atoms with Crippen molar-refractivity contribution >= 4 is 12.3 Å². The second-order valence-electron chi connectivity index (χ2n) is 2.33. The zero-order chi connectivity index (χ0) is 7.52. The molecule has 2 heterocycles. The predicted molar refractivity (Wildman–Crippen MR) is 46.4 cm³/mol. The first-order valence-corrected chi connectivity index (χ1v) is 3.51. The van der Waals surface area contributed by atoms with Crippen LogP contribution in [-0.4, -0.2) is 11.2 Å². The van der Waals surface area contributed by atoms with E-state index in [0.717, 1.165) is 11.4 Å². The topological polar surface area (TPSA) is 28.1 Å². The number of hydrogen-bond donors (Lipinski definition) is 1. The molecule has 0 unspecified atom stereocenters. The van der Waals surface area contributed by atoms with Crippen molar-refractivity contribution in [2.75, 3.05) is 0 Å². The molecule has 0 fully saturated rings. The molecule has 2 rings (SSSR count). The fraction of sp³-hybridized carbons (Fsp3) is 0. The SMILES string of the molecule is C1=C/C(=C\c2ccc[nH]2)N=C1. The molecule has 1 N–H and O–H groups in total. The van der Waals surface area contributed by atoms with Gasteiger partial charge in [0.05, 0.1) is 5.70 Å². The molecule has 0 amide bonds. The van der Waals surface area contributed by atoms with Crippen LogP contribution in [0.25, 0.3) is 6.08 Å². The van der Waals surface area contributed by atoms with E-state index in [1.165, 1.54) is 0 Å². The number of nitrogens with one attached hydrogen (secondary N) is 1. The van der Waals surface area contributed by atoms with Crippen molar-refractivity contribution in [1.82, 2.24) is 4.98 Å². The molecule has 0 atom stereocenters. The van der Waals surface area contributed by atoms with Crippen molar-refractivity contribution in [2.24, 2.45) is 4.99 Å². The summed E-state index contributed by atoms with van der Waals surface area (Å²) in [5.74, 6) is 0. The third-order valence-electron chi connectivity index (χ3n) is 1.50. The normalized spacial score (nSPS) is 18.4. The van der Waals surface area contributed by atoms with Gasteiger partial charge >= 0.3 is 0 Å². The summed E-state index contributed by atoms with van der Waals surface area (Å²) in [6, 6.07) is 3.98. The van der Waals surface area contributed by atoms with Crippen molar-refractivity contribution in [2.45, 2.75) is 0 Å². The zero-order valence-corrected chi connectivity index (χ0v) is 5.99. The van der Waals surface area contributed by atoms with E-state index >= 15 is 0 Å². The molecule has 0 aliphatic carbocycles. The van der Waals surface area contributed by atoms with Crippen LogP contribution in [0.15, 0.2) is 41.2 Å². The lowest BCUT2D eigenvalue weighted by Gasteiger charge is -1.86. The Bertz CT molecular complexity index is 301. The Morgan fingerprint density at radius 1 is 1.45 bits per heavy atom. The second-order valence-corrected chi connectivity index (χ2v) is 2.33. The minimum atomic E-state index is 0.993. The number of nitrogens with zero attached hydrogens (tertiary/aromatic N) is 1. The quantitative estimate of drug-likeness (QED) is 0.624. The summed E-state index contributed by atoms with van der Waals surface area (Å²) in [7, 11) is 0. The Morgan fingerprint density at radius 2 is 2.45 bits per heavy atom. The Balaban J connectivity index is 2.28. The minimum Gasteiger partial charge on any atom is -0.362 e. The van der Waals surface area contributed by atoms with Gasteiger partial charge in [-0.2, -0.15) is 0 Å². The maximum absolute atomic E-state index is 4.12. The largest absolute Gasteiger partial charge is 0.362 e. The maximum atomic E-state index is 4.12. The van der Waals surface area contributed by atoms with Gasteiger partial charge in [0.25, 0.3) is 0 Å². The fourth-order valence-electron chi connectivity index (χ4n) is 0.992. The smallest absolute Gasteiger partial charge is 0.0650 e. The van der Waals surface area contributed by atoms with Gasteiger partial charge in [-0.25, -0.2) is 0 Å². The van der Waals surface area contributed by atoms with Crippen LogP contribution in [0.2, 0.25) is 0 Å². The average Bonchev–Trinajstić information content (AvgIpc) is 2.60. The van der Waals surface area contributed by atoms with E-state index in [0.29, 0.717) is 0 Å². The monoisotopic (exact) mass is 144 g/mol. The van der Waals surface area contributed by atoms with Gasteiger partial charge in [0.15, 0.2) is 0 Å². The second kappa shape index (κ2) is 2.58. The first-order valence-electron chi connectivity index (χ1n) is 3.51. The molecule has 0 aromatic carbocycles. The highest BCUT2D eigenvalue weighted by molar-refractivity contribution is 5.79. The highest BCUT2D eigenvalue weighted by Crippen LogP contribution is 2.09. The molecule has 54 valence electrons. The van der Waals surface area contributed by atoms with Gasteiger partial charge in [0, 0.05) is 18.1 Å². The van der Waals surface area contributed by atoms with Gasteiger partial charge < -0.3 is 4.98 Å². The maximum Gasteiger partial charge on any atom is 0.0650 e. The first kappa shape index (κ1) is 6.16. The van der Waals surface area contributed by atoms with E-state index in [-0.39, 0.29) is 0 Å².